The summed E-state index contributed by atoms with van der Waals surface area (Å²) in [7, 11) is 0. The molecule has 1 atom stereocenters. The van der Waals surface area contributed by atoms with Gasteiger partial charge in [-0.3, -0.25) is 10.1 Å². The number of nitrogens with one attached hydrogen (secondary N) is 2. The first-order valence-corrected chi connectivity index (χ1v) is 7.76. The standard InChI is InChI=1S/C18H13FN2O5/c1-8-4-12-11(6-14(8)26-7-15(22)23)10-3-2-9(19)5-13(10)18(12)16(24)20-17(25)21-18/h2-6H,7H2,1H3,(H,22,23)(H2,20,21,24,25). The fourth-order valence-corrected chi connectivity index (χ4v) is 3.56. The lowest BCUT2D eigenvalue weighted by Gasteiger charge is -2.23. The molecule has 0 bridgehead atoms. The number of carboxylic acids is 1. The van der Waals surface area contributed by atoms with Crippen molar-refractivity contribution in [3.05, 3.63) is 52.8 Å². The molecule has 2 aromatic carbocycles. The summed E-state index contributed by atoms with van der Waals surface area (Å²) in [6.45, 7) is 1.18. The molecule has 8 heteroatoms. The molecule has 0 radical (unpaired) electrons. The van der Waals surface area contributed by atoms with E-state index in [1.165, 1.54) is 18.2 Å². The van der Waals surface area contributed by atoms with Crippen LogP contribution in [0, 0.1) is 12.7 Å². The van der Waals surface area contributed by atoms with Crippen LogP contribution in [0.15, 0.2) is 30.3 Å². The van der Waals surface area contributed by atoms with Crippen LogP contribution in [-0.4, -0.2) is 29.6 Å². The van der Waals surface area contributed by atoms with Crippen molar-refractivity contribution < 1.29 is 28.6 Å². The molecule has 3 N–H and O–H groups in total. The molecule has 1 unspecified atom stereocenters. The van der Waals surface area contributed by atoms with Crippen LogP contribution in [0.3, 0.4) is 0 Å². The number of urea groups is 1. The van der Waals surface area contributed by atoms with E-state index >= 15 is 0 Å². The Balaban J connectivity index is 1.96. The third-order valence-corrected chi connectivity index (χ3v) is 4.61. The predicted octanol–water partition coefficient (Wildman–Crippen LogP) is 1.66. The van der Waals surface area contributed by atoms with Crippen LogP contribution >= 0.6 is 0 Å². The van der Waals surface area contributed by atoms with Gasteiger partial charge in [0.15, 0.2) is 12.1 Å². The maximum Gasteiger partial charge on any atom is 0.341 e. The van der Waals surface area contributed by atoms with E-state index in [0.717, 1.165) is 0 Å². The Morgan fingerprint density at radius 2 is 1.92 bits per heavy atom. The molecule has 4 rings (SSSR count). The maximum absolute atomic E-state index is 13.9. The molecule has 0 saturated carbocycles. The number of aryl methyl sites for hydroxylation is 1. The Labute approximate surface area is 146 Å². The summed E-state index contributed by atoms with van der Waals surface area (Å²) in [5, 5.41) is 13.6. The van der Waals surface area contributed by atoms with Gasteiger partial charge < -0.3 is 15.2 Å². The van der Waals surface area contributed by atoms with Crippen molar-refractivity contribution in [2.75, 3.05) is 6.61 Å². The first-order valence-electron chi connectivity index (χ1n) is 7.76. The van der Waals surface area contributed by atoms with Crippen LogP contribution in [0.4, 0.5) is 9.18 Å². The average molecular weight is 356 g/mol. The Kier molecular flexibility index (Phi) is 3.27. The van der Waals surface area contributed by atoms with Gasteiger partial charge in [-0.2, -0.15) is 0 Å². The van der Waals surface area contributed by atoms with Crippen molar-refractivity contribution in [3.63, 3.8) is 0 Å². The molecule has 1 heterocycles. The minimum Gasteiger partial charge on any atom is -0.482 e. The number of hydrogen-bond donors (Lipinski definition) is 3. The van der Waals surface area contributed by atoms with Gasteiger partial charge in [-0.1, -0.05) is 6.07 Å². The third kappa shape index (κ3) is 2.08. The molecule has 132 valence electrons. The van der Waals surface area contributed by atoms with E-state index < -0.39 is 35.9 Å². The summed E-state index contributed by atoms with van der Waals surface area (Å²) in [5.41, 5.74) is 1.03. The monoisotopic (exact) mass is 356 g/mol. The molecule has 1 aliphatic heterocycles. The summed E-state index contributed by atoms with van der Waals surface area (Å²) >= 11 is 0. The van der Waals surface area contributed by atoms with Gasteiger partial charge in [0.25, 0.3) is 5.91 Å². The zero-order chi connectivity index (χ0) is 18.6. The number of fused-ring (bicyclic) bond motifs is 5. The third-order valence-electron chi connectivity index (χ3n) is 4.61. The second kappa shape index (κ2) is 5.29. The average Bonchev–Trinajstić information content (AvgIpc) is 3.01. The van der Waals surface area contributed by atoms with E-state index in [-0.39, 0.29) is 0 Å². The van der Waals surface area contributed by atoms with Crippen molar-refractivity contribution in [1.29, 1.82) is 0 Å². The predicted molar refractivity (Wildman–Crippen MR) is 87.2 cm³/mol. The summed E-state index contributed by atoms with van der Waals surface area (Å²) in [6, 6.07) is 6.59. The highest BCUT2D eigenvalue weighted by Gasteiger charge is 2.55. The highest BCUT2D eigenvalue weighted by atomic mass is 19.1. The molecule has 2 aromatic rings. The molecule has 0 aromatic heterocycles. The van der Waals surface area contributed by atoms with E-state index in [0.29, 0.717) is 33.6 Å². The number of carboxylic acid groups (broad SMARTS) is 1. The Hall–Kier alpha value is -3.42. The second-order valence-corrected chi connectivity index (χ2v) is 6.19. The van der Waals surface area contributed by atoms with Crippen LogP contribution in [-0.2, 0) is 15.1 Å². The number of ether oxygens (including phenoxy) is 1. The lowest BCUT2D eigenvalue weighted by atomic mass is 9.87. The van der Waals surface area contributed by atoms with E-state index in [4.69, 9.17) is 9.84 Å². The van der Waals surface area contributed by atoms with Crippen LogP contribution in [0.25, 0.3) is 11.1 Å². The minimum absolute atomic E-state index is 0.325. The zero-order valence-electron chi connectivity index (χ0n) is 13.6. The number of hydrogen-bond acceptors (Lipinski definition) is 4. The van der Waals surface area contributed by atoms with Crippen molar-refractivity contribution >= 4 is 17.9 Å². The van der Waals surface area contributed by atoms with E-state index in [1.54, 1.807) is 19.1 Å². The topological polar surface area (TPSA) is 105 Å². The Bertz CT molecular complexity index is 1000. The molecule has 26 heavy (non-hydrogen) atoms. The molecule has 1 saturated heterocycles. The molecular formula is C18H13FN2O5. The number of carbonyl (C=O) groups excluding carboxylic acids is 2. The van der Waals surface area contributed by atoms with Gasteiger partial charge in [0.05, 0.1) is 0 Å². The first kappa shape index (κ1) is 16.1. The van der Waals surface area contributed by atoms with Crippen molar-refractivity contribution in [3.8, 4) is 16.9 Å². The lowest BCUT2D eigenvalue weighted by Crippen LogP contribution is -2.43. The normalized spacial score (nSPS) is 19.8. The van der Waals surface area contributed by atoms with Gasteiger partial charge in [-0.05, 0) is 53.4 Å². The van der Waals surface area contributed by atoms with E-state index in [2.05, 4.69) is 10.6 Å². The molecule has 1 fully saturated rings. The van der Waals surface area contributed by atoms with Gasteiger partial charge >= 0.3 is 12.0 Å². The second-order valence-electron chi connectivity index (χ2n) is 6.19. The molecular weight excluding hydrogens is 343 g/mol. The van der Waals surface area contributed by atoms with Crippen LogP contribution in [0.2, 0.25) is 0 Å². The zero-order valence-corrected chi connectivity index (χ0v) is 13.6. The number of carbonyl (C=O) groups is 3. The van der Waals surface area contributed by atoms with E-state index in [9.17, 15) is 18.8 Å². The van der Waals surface area contributed by atoms with Crippen LogP contribution in [0.1, 0.15) is 16.7 Å². The molecule has 1 spiro atoms. The number of halogens is 1. The Morgan fingerprint density at radius 1 is 1.19 bits per heavy atom. The van der Waals surface area contributed by atoms with Crippen molar-refractivity contribution in [1.82, 2.24) is 10.6 Å². The van der Waals surface area contributed by atoms with Gasteiger partial charge in [0, 0.05) is 5.56 Å². The fourth-order valence-electron chi connectivity index (χ4n) is 3.56. The SMILES string of the molecule is Cc1cc2c(cc1OCC(=O)O)-c1ccc(F)cc1C21NC(=O)NC1=O. The van der Waals surface area contributed by atoms with Gasteiger partial charge in [0.1, 0.15) is 11.6 Å². The fraction of sp³-hybridized carbons (Fsp3) is 0.167. The van der Waals surface area contributed by atoms with Crippen molar-refractivity contribution in [2.45, 2.75) is 12.5 Å². The molecule has 7 nitrogen and oxygen atoms in total. The minimum atomic E-state index is -1.51. The van der Waals surface area contributed by atoms with Gasteiger partial charge in [-0.15, -0.1) is 0 Å². The molecule has 1 aliphatic carbocycles. The van der Waals surface area contributed by atoms with Gasteiger partial charge in [0.2, 0.25) is 0 Å². The summed E-state index contributed by atoms with van der Waals surface area (Å²) in [5.74, 6) is -1.91. The smallest absolute Gasteiger partial charge is 0.341 e. The van der Waals surface area contributed by atoms with Crippen LogP contribution in [0.5, 0.6) is 5.75 Å². The van der Waals surface area contributed by atoms with Crippen molar-refractivity contribution in [2.24, 2.45) is 0 Å². The largest absolute Gasteiger partial charge is 0.482 e. The number of benzene rings is 2. The quantitative estimate of drug-likeness (QED) is 0.726. The molecule has 3 amide bonds. The highest BCUT2D eigenvalue weighted by molar-refractivity contribution is 6.13. The summed E-state index contributed by atoms with van der Waals surface area (Å²) in [6.07, 6.45) is 0. The lowest BCUT2D eigenvalue weighted by molar-refractivity contribution is -0.139. The maximum atomic E-state index is 13.9. The van der Waals surface area contributed by atoms with E-state index in [1.807, 2.05) is 0 Å². The first-order chi connectivity index (χ1) is 12.3. The summed E-state index contributed by atoms with van der Waals surface area (Å²) in [4.78, 5) is 35.2. The van der Waals surface area contributed by atoms with Crippen LogP contribution < -0.4 is 15.4 Å². The number of rotatable bonds is 3. The number of imide groups is 1. The number of aliphatic carboxylic acids is 1. The highest BCUT2D eigenvalue weighted by Crippen LogP contribution is 2.50. The molecule has 2 aliphatic rings. The number of amides is 3. The summed E-state index contributed by atoms with van der Waals surface area (Å²) < 4.78 is 19.2. The van der Waals surface area contributed by atoms with Gasteiger partial charge in [-0.25, -0.2) is 14.0 Å². The Morgan fingerprint density at radius 3 is 2.58 bits per heavy atom.